The van der Waals surface area contributed by atoms with Crippen molar-refractivity contribution < 1.29 is 4.79 Å². The number of Topliss-reactive ketones (excluding diaryl/α,β-unsaturated/α-hetero) is 1. The zero-order valence-corrected chi connectivity index (χ0v) is 11.6. The molecule has 0 unspecified atom stereocenters. The molecule has 0 saturated carbocycles. The van der Waals surface area contributed by atoms with Gasteiger partial charge in [0.05, 0.1) is 0 Å². The van der Waals surface area contributed by atoms with Crippen molar-refractivity contribution in [1.82, 2.24) is 4.57 Å². The highest BCUT2D eigenvalue weighted by molar-refractivity contribution is 6.30. The molecule has 3 heteroatoms. The summed E-state index contributed by atoms with van der Waals surface area (Å²) in [6.07, 6.45) is 0. The van der Waals surface area contributed by atoms with Crippen LogP contribution in [0.4, 0.5) is 0 Å². The summed E-state index contributed by atoms with van der Waals surface area (Å²) in [7, 11) is 0. The summed E-state index contributed by atoms with van der Waals surface area (Å²) in [6.45, 7) is 6.38. The fourth-order valence-corrected chi connectivity index (χ4v) is 2.30. The third kappa shape index (κ3) is 2.49. The van der Waals surface area contributed by atoms with E-state index in [0.29, 0.717) is 0 Å². The first-order valence-corrected chi connectivity index (χ1v) is 6.29. The van der Waals surface area contributed by atoms with Crippen LogP contribution in [0.1, 0.15) is 34.2 Å². The van der Waals surface area contributed by atoms with Crippen molar-refractivity contribution in [1.29, 1.82) is 0 Å². The number of carbonyl (C=O) groups excluding carboxylic acids is 1. The molecule has 0 spiro atoms. The zero-order chi connectivity index (χ0) is 13.3. The highest BCUT2D eigenvalue weighted by atomic mass is 35.5. The SMILES string of the molecule is CC(=O)c1cc(C)n(Cc2ccc(Cl)cc2)c1C. The Bertz CT molecular complexity index is 581. The van der Waals surface area contributed by atoms with Gasteiger partial charge in [-0.1, -0.05) is 23.7 Å². The predicted octanol–water partition coefficient (Wildman–Crippen LogP) is 4.01. The Kier molecular flexibility index (Phi) is 3.58. The number of benzene rings is 1. The highest BCUT2D eigenvalue weighted by Gasteiger charge is 2.12. The van der Waals surface area contributed by atoms with E-state index >= 15 is 0 Å². The maximum Gasteiger partial charge on any atom is 0.161 e. The quantitative estimate of drug-likeness (QED) is 0.765. The second-order valence-electron chi connectivity index (χ2n) is 4.55. The van der Waals surface area contributed by atoms with Crippen molar-refractivity contribution in [3.8, 4) is 0 Å². The molecular weight excluding hydrogens is 246 g/mol. The van der Waals surface area contributed by atoms with Crippen molar-refractivity contribution in [2.75, 3.05) is 0 Å². The van der Waals surface area contributed by atoms with E-state index < -0.39 is 0 Å². The first-order chi connectivity index (χ1) is 8.49. The Balaban J connectivity index is 2.34. The number of aryl methyl sites for hydroxylation is 1. The van der Waals surface area contributed by atoms with E-state index in [1.54, 1.807) is 6.92 Å². The Labute approximate surface area is 112 Å². The largest absolute Gasteiger partial charge is 0.344 e. The van der Waals surface area contributed by atoms with Gasteiger partial charge in [0.25, 0.3) is 0 Å². The molecule has 0 atom stereocenters. The Morgan fingerprint density at radius 2 is 1.83 bits per heavy atom. The van der Waals surface area contributed by atoms with Crippen LogP contribution in [-0.4, -0.2) is 10.4 Å². The smallest absolute Gasteiger partial charge is 0.161 e. The van der Waals surface area contributed by atoms with Crippen LogP contribution in [0, 0.1) is 13.8 Å². The molecule has 2 nitrogen and oxygen atoms in total. The van der Waals surface area contributed by atoms with Crippen LogP contribution in [0.25, 0.3) is 0 Å². The molecule has 0 saturated heterocycles. The molecule has 0 aliphatic heterocycles. The molecule has 2 aromatic rings. The molecule has 0 aliphatic rings. The highest BCUT2D eigenvalue weighted by Crippen LogP contribution is 2.18. The molecule has 0 radical (unpaired) electrons. The van der Waals surface area contributed by atoms with Crippen molar-refractivity contribution in [3.05, 3.63) is 57.9 Å². The van der Waals surface area contributed by atoms with Gasteiger partial charge in [-0.25, -0.2) is 0 Å². The Hall–Kier alpha value is -1.54. The van der Waals surface area contributed by atoms with Gasteiger partial charge in [-0.2, -0.15) is 0 Å². The normalized spacial score (nSPS) is 10.7. The van der Waals surface area contributed by atoms with E-state index in [4.69, 9.17) is 11.6 Å². The van der Waals surface area contributed by atoms with Crippen LogP contribution in [0.2, 0.25) is 5.02 Å². The number of hydrogen-bond donors (Lipinski definition) is 0. The number of carbonyl (C=O) groups is 1. The number of halogens is 1. The van der Waals surface area contributed by atoms with Crippen LogP contribution in [0.15, 0.2) is 30.3 Å². The second kappa shape index (κ2) is 4.99. The van der Waals surface area contributed by atoms with Gasteiger partial charge >= 0.3 is 0 Å². The lowest BCUT2D eigenvalue weighted by Crippen LogP contribution is -2.05. The van der Waals surface area contributed by atoms with E-state index in [0.717, 1.165) is 28.5 Å². The topological polar surface area (TPSA) is 22.0 Å². The Morgan fingerprint density at radius 1 is 1.22 bits per heavy atom. The molecular formula is C15H16ClNO. The molecule has 0 fully saturated rings. The van der Waals surface area contributed by atoms with Gasteiger partial charge < -0.3 is 4.57 Å². The summed E-state index contributed by atoms with van der Waals surface area (Å²) in [6, 6.07) is 9.74. The molecule has 1 aromatic carbocycles. The number of aromatic nitrogens is 1. The van der Waals surface area contributed by atoms with Gasteiger partial charge in [-0.3, -0.25) is 4.79 Å². The van der Waals surface area contributed by atoms with E-state index in [-0.39, 0.29) is 5.78 Å². The maximum absolute atomic E-state index is 11.5. The van der Waals surface area contributed by atoms with Gasteiger partial charge in [0.15, 0.2) is 5.78 Å². The molecule has 2 rings (SSSR count). The molecule has 0 N–H and O–H groups in total. The molecule has 1 heterocycles. The van der Waals surface area contributed by atoms with Crippen LogP contribution in [0.5, 0.6) is 0 Å². The minimum absolute atomic E-state index is 0.116. The maximum atomic E-state index is 11.5. The number of rotatable bonds is 3. The molecule has 1 aromatic heterocycles. The van der Waals surface area contributed by atoms with Gasteiger partial charge in [-0.15, -0.1) is 0 Å². The minimum atomic E-state index is 0.116. The van der Waals surface area contributed by atoms with Crippen LogP contribution in [0.3, 0.4) is 0 Å². The van der Waals surface area contributed by atoms with Crippen molar-refractivity contribution in [2.45, 2.75) is 27.3 Å². The molecule has 18 heavy (non-hydrogen) atoms. The molecule has 0 amide bonds. The van der Waals surface area contributed by atoms with Crippen LogP contribution >= 0.6 is 11.6 Å². The first-order valence-electron chi connectivity index (χ1n) is 5.91. The summed E-state index contributed by atoms with van der Waals surface area (Å²) in [5, 5.41) is 0.740. The van der Waals surface area contributed by atoms with E-state index in [1.165, 1.54) is 5.56 Å². The van der Waals surface area contributed by atoms with Crippen LogP contribution < -0.4 is 0 Å². The summed E-state index contributed by atoms with van der Waals surface area (Å²) in [5.74, 6) is 0.116. The number of ketones is 1. The standard InChI is InChI=1S/C15H16ClNO/c1-10-8-15(12(3)18)11(2)17(10)9-13-4-6-14(16)7-5-13/h4-8H,9H2,1-3H3. The summed E-state index contributed by atoms with van der Waals surface area (Å²) >= 11 is 5.87. The molecule has 0 aliphatic carbocycles. The average Bonchev–Trinajstić information content (AvgIpc) is 2.60. The average molecular weight is 262 g/mol. The van der Waals surface area contributed by atoms with Crippen molar-refractivity contribution in [2.24, 2.45) is 0 Å². The molecule has 0 bridgehead atoms. The minimum Gasteiger partial charge on any atom is -0.344 e. The van der Waals surface area contributed by atoms with E-state index in [1.807, 2.05) is 44.2 Å². The van der Waals surface area contributed by atoms with Gasteiger partial charge in [0, 0.05) is 28.5 Å². The monoisotopic (exact) mass is 261 g/mol. The van der Waals surface area contributed by atoms with Gasteiger partial charge in [0.1, 0.15) is 0 Å². The van der Waals surface area contributed by atoms with E-state index in [9.17, 15) is 4.79 Å². The number of nitrogens with zero attached hydrogens (tertiary/aromatic N) is 1. The van der Waals surface area contributed by atoms with Gasteiger partial charge in [-0.05, 0) is 44.5 Å². The summed E-state index contributed by atoms with van der Waals surface area (Å²) < 4.78 is 2.15. The Morgan fingerprint density at radius 3 is 2.33 bits per heavy atom. The van der Waals surface area contributed by atoms with Gasteiger partial charge in [0.2, 0.25) is 0 Å². The zero-order valence-electron chi connectivity index (χ0n) is 10.8. The third-order valence-electron chi connectivity index (χ3n) is 3.21. The third-order valence-corrected chi connectivity index (χ3v) is 3.46. The van der Waals surface area contributed by atoms with E-state index in [2.05, 4.69) is 4.57 Å². The first kappa shape index (κ1) is 12.9. The lowest BCUT2D eigenvalue weighted by molar-refractivity contribution is 0.101. The van der Waals surface area contributed by atoms with Crippen molar-refractivity contribution in [3.63, 3.8) is 0 Å². The fourth-order valence-electron chi connectivity index (χ4n) is 2.17. The van der Waals surface area contributed by atoms with Crippen molar-refractivity contribution >= 4 is 17.4 Å². The summed E-state index contributed by atoms with van der Waals surface area (Å²) in [4.78, 5) is 11.5. The molecule has 94 valence electrons. The second-order valence-corrected chi connectivity index (χ2v) is 4.99. The fraction of sp³-hybridized carbons (Fsp3) is 0.267. The predicted molar refractivity (Wildman–Crippen MR) is 74.5 cm³/mol. The lowest BCUT2D eigenvalue weighted by Gasteiger charge is -2.09. The lowest BCUT2D eigenvalue weighted by atomic mass is 10.2. The van der Waals surface area contributed by atoms with Crippen LogP contribution in [-0.2, 0) is 6.54 Å². The number of hydrogen-bond acceptors (Lipinski definition) is 1. The summed E-state index contributed by atoms with van der Waals surface area (Å²) in [5.41, 5.74) is 4.11.